The first-order valence-electron chi connectivity index (χ1n) is 4.49. The molecule has 2 aromatic rings. The summed E-state index contributed by atoms with van der Waals surface area (Å²) in [6, 6.07) is 5.69. The minimum atomic E-state index is -0.0512. The van der Waals surface area contributed by atoms with Crippen molar-refractivity contribution in [3.05, 3.63) is 52.7 Å². The largest absolute Gasteiger partial charge is 0.328 e. The van der Waals surface area contributed by atoms with Crippen molar-refractivity contribution in [3.63, 3.8) is 0 Å². The van der Waals surface area contributed by atoms with E-state index in [0.29, 0.717) is 5.33 Å². The smallest absolute Gasteiger partial charge is 0.252 e. The van der Waals surface area contributed by atoms with E-state index in [4.69, 9.17) is 0 Å². The summed E-state index contributed by atoms with van der Waals surface area (Å²) in [5.74, 6) is 0. The molecule has 0 aliphatic carbocycles. The van der Waals surface area contributed by atoms with Crippen LogP contribution in [0.2, 0.25) is 0 Å². The van der Waals surface area contributed by atoms with Gasteiger partial charge < -0.3 is 4.98 Å². The van der Waals surface area contributed by atoms with Gasteiger partial charge in [-0.05, 0) is 29.3 Å². The van der Waals surface area contributed by atoms with E-state index in [1.807, 2.05) is 18.2 Å². The van der Waals surface area contributed by atoms with E-state index in [-0.39, 0.29) is 5.56 Å². The van der Waals surface area contributed by atoms with Gasteiger partial charge in [0.2, 0.25) is 0 Å². The number of hydrogen-bond donors (Lipinski definition) is 1. The van der Waals surface area contributed by atoms with Crippen LogP contribution in [0.1, 0.15) is 5.56 Å². The Labute approximate surface area is 95.3 Å². The number of pyridine rings is 2. The standard InChI is InChI=1S/C11H9BrN2O/c12-6-9-5-10(7-14-11(9)15)8-1-3-13-4-2-8/h1-5,7H,6H2,(H,14,15). The molecule has 76 valence electrons. The monoisotopic (exact) mass is 264 g/mol. The van der Waals surface area contributed by atoms with Crippen molar-refractivity contribution in [1.29, 1.82) is 0 Å². The Kier molecular flexibility index (Phi) is 2.97. The zero-order valence-corrected chi connectivity index (χ0v) is 9.49. The molecule has 0 bridgehead atoms. The Morgan fingerprint density at radius 2 is 2.00 bits per heavy atom. The molecular formula is C11H9BrN2O. The van der Waals surface area contributed by atoms with Crippen molar-refractivity contribution in [3.8, 4) is 11.1 Å². The Morgan fingerprint density at radius 1 is 1.27 bits per heavy atom. The molecule has 2 aromatic heterocycles. The summed E-state index contributed by atoms with van der Waals surface area (Å²) < 4.78 is 0. The van der Waals surface area contributed by atoms with Crippen molar-refractivity contribution in [2.45, 2.75) is 5.33 Å². The lowest BCUT2D eigenvalue weighted by Gasteiger charge is -2.02. The predicted molar refractivity (Wildman–Crippen MR) is 62.9 cm³/mol. The molecule has 1 N–H and O–H groups in total. The van der Waals surface area contributed by atoms with Gasteiger partial charge in [0.05, 0.1) is 0 Å². The molecule has 0 spiro atoms. The molecule has 0 fully saturated rings. The number of alkyl halides is 1. The lowest BCUT2D eigenvalue weighted by atomic mass is 10.1. The third-order valence-electron chi connectivity index (χ3n) is 2.14. The van der Waals surface area contributed by atoms with E-state index in [9.17, 15) is 4.79 Å². The maximum atomic E-state index is 11.3. The summed E-state index contributed by atoms with van der Waals surface area (Å²) in [7, 11) is 0. The molecule has 0 saturated carbocycles. The Morgan fingerprint density at radius 3 is 2.67 bits per heavy atom. The van der Waals surface area contributed by atoms with Crippen LogP contribution in [0.15, 0.2) is 41.6 Å². The van der Waals surface area contributed by atoms with Crippen LogP contribution in [0.25, 0.3) is 11.1 Å². The average molecular weight is 265 g/mol. The van der Waals surface area contributed by atoms with E-state index in [2.05, 4.69) is 25.9 Å². The van der Waals surface area contributed by atoms with Crippen LogP contribution < -0.4 is 5.56 Å². The molecule has 0 amide bonds. The summed E-state index contributed by atoms with van der Waals surface area (Å²) in [4.78, 5) is 18.0. The normalized spacial score (nSPS) is 10.2. The molecule has 0 aliphatic rings. The van der Waals surface area contributed by atoms with Crippen molar-refractivity contribution in [2.24, 2.45) is 0 Å². The van der Waals surface area contributed by atoms with E-state index >= 15 is 0 Å². The van der Waals surface area contributed by atoms with Gasteiger partial charge in [-0.1, -0.05) is 15.9 Å². The Balaban J connectivity index is 2.51. The first kappa shape index (κ1) is 10.1. The van der Waals surface area contributed by atoms with Gasteiger partial charge in [-0.3, -0.25) is 9.78 Å². The summed E-state index contributed by atoms with van der Waals surface area (Å²) in [5.41, 5.74) is 2.71. The second-order valence-electron chi connectivity index (χ2n) is 3.11. The number of nitrogens with zero attached hydrogens (tertiary/aromatic N) is 1. The lowest BCUT2D eigenvalue weighted by molar-refractivity contribution is 1.17. The molecule has 0 saturated heterocycles. The minimum absolute atomic E-state index is 0.0512. The molecule has 2 rings (SSSR count). The SMILES string of the molecule is O=c1[nH]cc(-c2ccncc2)cc1CBr. The highest BCUT2D eigenvalue weighted by molar-refractivity contribution is 9.08. The van der Waals surface area contributed by atoms with E-state index in [1.165, 1.54) is 0 Å². The quantitative estimate of drug-likeness (QED) is 0.847. The Hall–Kier alpha value is -1.42. The molecule has 2 heterocycles. The first-order chi connectivity index (χ1) is 7.31. The molecule has 15 heavy (non-hydrogen) atoms. The summed E-state index contributed by atoms with van der Waals surface area (Å²) in [6.07, 6.45) is 5.17. The molecule has 0 atom stereocenters. The van der Waals surface area contributed by atoms with Crippen LogP contribution in [0.4, 0.5) is 0 Å². The Bertz CT molecular complexity index is 507. The van der Waals surface area contributed by atoms with Crippen molar-refractivity contribution >= 4 is 15.9 Å². The van der Waals surface area contributed by atoms with Crippen LogP contribution in [0.5, 0.6) is 0 Å². The number of nitrogens with one attached hydrogen (secondary N) is 1. The zero-order valence-electron chi connectivity index (χ0n) is 7.90. The number of hydrogen-bond acceptors (Lipinski definition) is 2. The van der Waals surface area contributed by atoms with Gasteiger partial charge >= 0.3 is 0 Å². The highest BCUT2D eigenvalue weighted by atomic mass is 79.9. The molecule has 3 nitrogen and oxygen atoms in total. The third-order valence-corrected chi connectivity index (χ3v) is 2.74. The van der Waals surface area contributed by atoms with Crippen molar-refractivity contribution in [2.75, 3.05) is 0 Å². The molecule has 0 unspecified atom stereocenters. The molecule has 4 heteroatoms. The van der Waals surface area contributed by atoms with Gasteiger partial charge in [-0.25, -0.2) is 0 Å². The highest BCUT2D eigenvalue weighted by Gasteiger charge is 2.01. The van der Waals surface area contributed by atoms with Crippen molar-refractivity contribution < 1.29 is 0 Å². The van der Waals surface area contributed by atoms with Crippen LogP contribution in [-0.4, -0.2) is 9.97 Å². The van der Waals surface area contributed by atoms with Crippen LogP contribution in [0.3, 0.4) is 0 Å². The highest BCUT2D eigenvalue weighted by Crippen LogP contribution is 2.17. The van der Waals surface area contributed by atoms with E-state index in [1.54, 1.807) is 18.6 Å². The fourth-order valence-electron chi connectivity index (χ4n) is 1.34. The maximum absolute atomic E-state index is 11.3. The zero-order chi connectivity index (χ0) is 10.7. The van der Waals surface area contributed by atoms with Gasteiger partial charge in [0, 0.05) is 29.5 Å². The lowest BCUT2D eigenvalue weighted by Crippen LogP contribution is -2.10. The van der Waals surface area contributed by atoms with Gasteiger partial charge in [0.1, 0.15) is 0 Å². The topological polar surface area (TPSA) is 45.8 Å². The second kappa shape index (κ2) is 4.40. The first-order valence-corrected chi connectivity index (χ1v) is 5.61. The summed E-state index contributed by atoms with van der Waals surface area (Å²) in [6.45, 7) is 0. The van der Waals surface area contributed by atoms with Crippen molar-refractivity contribution in [1.82, 2.24) is 9.97 Å². The number of aromatic nitrogens is 2. The van der Waals surface area contributed by atoms with E-state index < -0.39 is 0 Å². The van der Waals surface area contributed by atoms with Gasteiger partial charge in [0.15, 0.2) is 0 Å². The second-order valence-corrected chi connectivity index (χ2v) is 3.67. The third kappa shape index (κ3) is 2.15. The van der Waals surface area contributed by atoms with Crippen LogP contribution >= 0.6 is 15.9 Å². The number of halogens is 1. The maximum Gasteiger partial charge on any atom is 0.252 e. The average Bonchev–Trinajstić information content (AvgIpc) is 2.31. The predicted octanol–water partition coefficient (Wildman–Crippen LogP) is 2.33. The molecule has 0 aromatic carbocycles. The number of aromatic amines is 1. The van der Waals surface area contributed by atoms with Gasteiger partial charge in [-0.2, -0.15) is 0 Å². The fraction of sp³-hybridized carbons (Fsp3) is 0.0909. The molecule has 0 radical (unpaired) electrons. The molecule has 0 aliphatic heterocycles. The fourth-order valence-corrected chi connectivity index (χ4v) is 1.76. The van der Waals surface area contributed by atoms with Gasteiger partial charge in [-0.15, -0.1) is 0 Å². The minimum Gasteiger partial charge on any atom is -0.328 e. The number of rotatable bonds is 2. The molecular weight excluding hydrogens is 256 g/mol. The summed E-state index contributed by atoms with van der Waals surface area (Å²) in [5, 5.41) is 0.557. The van der Waals surface area contributed by atoms with Gasteiger partial charge in [0.25, 0.3) is 5.56 Å². The summed E-state index contributed by atoms with van der Waals surface area (Å²) >= 11 is 3.28. The number of H-pyrrole nitrogens is 1. The van der Waals surface area contributed by atoms with Crippen LogP contribution in [0, 0.1) is 0 Å². The van der Waals surface area contributed by atoms with Crippen LogP contribution in [-0.2, 0) is 5.33 Å². The van der Waals surface area contributed by atoms with E-state index in [0.717, 1.165) is 16.7 Å².